The molecule has 1 heterocycles. The number of aryl methyl sites for hydroxylation is 1. The normalized spacial score (nSPS) is 10.6. The Hall–Kier alpha value is -1.81. The lowest BCUT2D eigenvalue weighted by atomic mass is 10.2. The van der Waals surface area contributed by atoms with Crippen LogP contribution in [0.1, 0.15) is 11.1 Å². The summed E-state index contributed by atoms with van der Waals surface area (Å²) in [5, 5.41) is 0.419. The molecule has 5 heteroatoms. The van der Waals surface area contributed by atoms with E-state index in [1.165, 1.54) is 28.8 Å². The minimum atomic E-state index is -0.387. The highest BCUT2D eigenvalue weighted by atomic mass is 35.5. The first-order chi connectivity index (χ1) is 8.47. The lowest BCUT2D eigenvalue weighted by Gasteiger charge is -2.09. The molecule has 0 fully saturated rings. The van der Waals surface area contributed by atoms with Crippen molar-refractivity contribution in [2.45, 2.75) is 13.5 Å². The van der Waals surface area contributed by atoms with E-state index >= 15 is 0 Å². The minimum absolute atomic E-state index is 0.193. The monoisotopic (exact) mass is 266 g/mol. The molecule has 0 bridgehead atoms. The molecule has 0 aliphatic rings. The highest BCUT2D eigenvalue weighted by Crippen LogP contribution is 2.18. The van der Waals surface area contributed by atoms with Crippen molar-refractivity contribution >= 4 is 17.3 Å². The van der Waals surface area contributed by atoms with Crippen molar-refractivity contribution in [1.82, 2.24) is 4.57 Å². The predicted octanol–water partition coefficient (Wildman–Crippen LogP) is 2.58. The van der Waals surface area contributed by atoms with E-state index in [0.29, 0.717) is 16.3 Å². The van der Waals surface area contributed by atoms with Crippen molar-refractivity contribution in [2.24, 2.45) is 0 Å². The largest absolute Gasteiger partial charge is 0.397 e. The van der Waals surface area contributed by atoms with Gasteiger partial charge in [0.25, 0.3) is 5.56 Å². The standard InChI is InChI=1S/C13H12ClFN2O/c1-8-4-13(18)17(7-12(8)16)6-9-5-10(15)2-3-11(9)14/h2-5,7H,6,16H2,1H3. The van der Waals surface area contributed by atoms with E-state index in [1.54, 1.807) is 13.1 Å². The van der Waals surface area contributed by atoms with Crippen LogP contribution >= 0.6 is 11.6 Å². The molecule has 0 amide bonds. The number of hydrogen-bond donors (Lipinski definition) is 1. The van der Waals surface area contributed by atoms with Crippen molar-refractivity contribution < 1.29 is 4.39 Å². The first kappa shape index (κ1) is 12.6. The molecular weight excluding hydrogens is 255 g/mol. The molecule has 2 aromatic rings. The van der Waals surface area contributed by atoms with E-state index in [0.717, 1.165) is 5.56 Å². The quantitative estimate of drug-likeness (QED) is 0.908. The maximum Gasteiger partial charge on any atom is 0.251 e. The second kappa shape index (κ2) is 4.82. The SMILES string of the molecule is Cc1cc(=O)n(Cc2cc(F)ccc2Cl)cc1N. The highest BCUT2D eigenvalue weighted by Gasteiger charge is 2.06. The molecule has 0 unspecified atom stereocenters. The van der Waals surface area contributed by atoms with Gasteiger partial charge >= 0.3 is 0 Å². The van der Waals surface area contributed by atoms with Crippen LogP contribution in [0, 0.1) is 12.7 Å². The zero-order valence-electron chi connectivity index (χ0n) is 9.78. The van der Waals surface area contributed by atoms with Crippen molar-refractivity contribution in [3.05, 3.63) is 62.8 Å². The van der Waals surface area contributed by atoms with Crippen LogP contribution in [0.3, 0.4) is 0 Å². The van der Waals surface area contributed by atoms with Crippen LogP contribution in [0.4, 0.5) is 10.1 Å². The summed E-state index contributed by atoms with van der Waals surface area (Å²) in [4.78, 5) is 11.8. The van der Waals surface area contributed by atoms with Crippen LogP contribution in [0.5, 0.6) is 0 Å². The number of nitrogens with two attached hydrogens (primary N) is 1. The molecule has 94 valence electrons. The fourth-order valence-electron chi connectivity index (χ4n) is 1.66. The van der Waals surface area contributed by atoms with Crippen LogP contribution in [-0.4, -0.2) is 4.57 Å². The Balaban J connectivity index is 2.43. The van der Waals surface area contributed by atoms with Gasteiger partial charge in [-0.15, -0.1) is 0 Å². The highest BCUT2D eigenvalue weighted by molar-refractivity contribution is 6.31. The average molecular weight is 267 g/mol. The molecule has 0 atom stereocenters. The van der Waals surface area contributed by atoms with Crippen LogP contribution in [-0.2, 0) is 6.54 Å². The Kier molecular flexibility index (Phi) is 3.39. The average Bonchev–Trinajstić information content (AvgIpc) is 2.30. The Morgan fingerprint density at radius 2 is 2.11 bits per heavy atom. The fraction of sp³-hybridized carbons (Fsp3) is 0.154. The lowest BCUT2D eigenvalue weighted by Crippen LogP contribution is -2.20. The molecular formula is C13H12ClFN2O. The van der Waals surface area contributed by atoms with Crippen LogP contribution < -0.4 is 11.3 Å². The molecule has 0 aliphatic heterocycles. The lowest BCUT2D eigenvalue weighted by molar-refractivity contribution is 0.623. The van der Waals surface area contributed by atoms with Crippen molar-refractivity contribution in [2.75, 3.05) is 5.73 Å². The number of rotatable bonds is 2. The molecule has 2 rings (SSSR count). The number of halogens is 2. The van der Waals surface area contributed by atoms with Gasteiger partial charge in [-0.1, -0.05) is 11.6 Å². The van der Waals surface area contributed by atoms with E-state index in [-0.39, 0.29) is 17.9 Å². The number of anilines is 1. The van der Waals surface area contributed by atoms with Gasteiger partial charge in [-0.05, 0) is 36.2 Å². The maximum atomic E-state index is 13.1. The Labute approximate surface area is 109 Å². The first-order valence-electron chi connectivity index (χ1n) is 5.38. The van der Waals surface area contributed by atoms with E-state index < -0.39 is 0 Å². The second-order valence-corrected chi connectivity index (χ2v) is 4.52. The number of aromatic nitrogens is 1. The van der Waals surface area contributed by atoms with Gasteiger partial charge in [-0.25, -0.2) is 4.39 Å². The van der Waals surface area contributed by atoms with E-state index in [4.69, 9.17) is 17.3 Å². The summed E-state index contributed by atoms with van der Waals surface area (Å²) in [6.45, 7) is 1.95. The molecule has 3 nitrogen and oxygen atoms in total. The van der Waals surface area contributed by atoms with Crippen molar-refractivity contribution in [3.8, 4) is 0 Å². The molecule has 1 aromatic carbocycles. The van der Waals surface area contributed by atoms with Gasteiger partial charge in [0.15, 0.2) is 0 Å². The third-order valence-corrected chi connectivity index (χ3v) is 3.09. The summed E-state index contributed by atoms with van der Waals surface area (Å²) in [5.41, 5.74) is 7.33. The molecule has 0 saturated carbocycles. The maximum absolute atomic E-state index is 13.1. The van der Waals surface area contributed by atoms with Gasteiger partial charge in [0, 0.05) is 17.3 Å². The molecule has 0 spiro atoms. The van der Waals surface area contributed by atoms with Gasteiger partial charge in [-0.2, -0.15) is 0 Å². The number of hydrogen-bond acceptors (Lipinski definition) is 2. The van der Waals surface area contributed by atoms with Gasteiger partial charge in [0.2, 0.25) is 0 Å². The number of nitrogens with zero attached hydrogens (tertiary/aromatic N) is 1. The van der Waals surface area contributed by atoms with Gasteiger partial charge in [-0.3, -0.25) is 4.79 Å². The number of benzene rings is 1. The smallest absolute Gasteiger partial charge is 0.251 e. The fourth-order valence-corrected chi connectivity index (χ4v) is 1.83. The van der Waals surface area contributed by atoms with Crippen LogP contribution in [0.2, 0.25) is 5.02 Å². The third kappa shape index (κ3) is 2.54. The summed E-state index contributed by atoms with van der Waals surface area (Å²) in [6, 6.07) is 5.50. The van der Waals surface area contributed by atoms with E-state index in [2.05, 4.69) is 0 Å². The Bertz CT molecular complexity index is 652. The molecule has 2 N–H and O–H groups in total. The van der Waals surface area contributed by atoms with Crippen LogP contribution in [0.15, 0.2) is 35.3 Å². The van der Waals surface area contributed by atoms with Gasteiger partial charge < -0.3 is 10.3 Å². The van der Waals surface area contributed by atoms with E-state index in [9.17, 15) is 9.18 Å². The summed E-state index contributed by atoms with van der Waals surface area (Å²) in [7, 11) is 0. The summed E-state index contributed by atoms with van der Waals surface area (Å²) in [6.07, 6.45) is 1.54. The Morgan fingerprint density at radius 3 is 2.83 bits per heavy atom. The second-order valence-electron chi connectivity index (χ2n) is 4.11. The summed E-state index contributed by atoms with van der Waals surface area (Å²) in [5.74, 6) is -0.387. The first-order valence-corrected chi connectivity index (χ1v) is 5.75. The summed E-state index contributed by atoms with van der Waals surface area (Å²) < 4.78 is 14.5. The molecule has 0 aliphatic carbocycles. The topological polar surface area (TPSA) is 48.0 Å². The molecule has 0 saturated heterocycles. The minimum Gasteiger partial charge on any atom is -0.397 e. The summed E-state index contributed by atoms with van der Waals surface area (Å²) >= 11 is 5.96. The van der Waals surface area contributed by atoms with Crippen LogP contribution in [0.25, 0.3) is 0 Å². The zero-order chi connectivity index (χ0) is 13.3. The van der Waals surface area contributed by atoms with Crippen molar-refractivity contribution in [3.63, 3.8) is 0 Å². The third-order valence-electron chi connectivity index (χ3n) is 2.72. The predicted molar refractivity (Wildman–Crippen MR) is 70.4 cm³/mol. The zero-order valence-corrected chi connectivity index (χ0v) is 10.5. The number of pyridine rings is 1. The molecule has 0 radical (unpaired) electrons. The molecule has 18 heavy (non-hydrogen) atoms. The Morgan fingerprint density at radius 1 is 1.39 bits per heavy atom. The molecule has 1 aromatic heterocycles. The number of nitrogen functional groups attached to an aromatic ring is 1. The van der Waals surface area contributed by atoms with Gasteiger partial charge in [0.1, 0.15) is 5.82 Å². The van der Waals surface area contributed by atoms with Crippen molar-refractivity contribution in [1.29, 1.82) is 0 Å². The van der Waals surface area contributed by atoms with E-state index in [1.807, 2.05) is 0 Å². The van der Waals surface area contributed by atoms with Gasteiger partial charge in [0.05, 0.1) is 12.2 Å².